The smallest absolute Gasteiger partial charge is 0.262 e. The Morgan fingerprint density at radius 1 is 1.42 bits per heavy atom. The number of aromatic nitrogens is 1. The minimum absolute atomic E-state index is 0.0722. The fourth-order valence-corrected chi connectivity index (χ4v) is 1.63. The van der Waals surface area contributed by atoms with Crippen molar-refractivity contribution >= 4 is 23.2 Å². The number of halogens is 1. The van der Waals surface area contributed by atoms with Crippen molar-refractivity contribution in [3.8, 4) is 5.75 Å². The zero-order valence-corrected chi connectivity index (χ0v) is 11.1. The number of nitrogens with one attached hydrogen (secondary N) is 1. The van der Waals surface area contributed by atoms with Crippen molar-refractivity contribution in [1.29, 1.82) is 0 Å². The maximum absolute atomic E-state index is 11.7. The molecule has 1 aromatic heterocycles. The van der Waals surface area contributed by atoms with Gasteiger partial charge in [0.05, 0.1) is 6.20 Å². The van der Waals surface area contributed by atoms with Gasteiger partial charge in [-0.1, -0.05) is 17.7 Å². The van der Waals surface area contributed by atoms with Crippen LogP contribution in [-0.4, -0.2) is 17.5 Å². The van der Waals surface area contributed by atoms with Crippen molar-refractivity contribution in [2.75, 3.05) is 11.9 Å². The quantitative estimate of drug-likeness (QED) is 0.934. The first-order valence-corrected chi connectivity index (χ1v) is 6.12. The van der Waals surface area contributed by atoms with E-state index in [1.165, 1.54) is 0 Å². The zero-order valence-electron chi connectivity index (χ0n) is 10.4. The molecule has 0 atom stereocenters. The molecule has 1 N–H and O–H groups in total. The van der Waals surface area contributed by atoms with Gasteiger partial charge in [-0.15, -0.1) is 0 Å². The van der Waals surface area contributed by atoms with Crippen molar-refractivity contribution in [1.82, 2.24) is 4.98 Å². The lowest BCUT2D eigenvalue weighted by molar-refractivity contribution is -0.118. The first-order chi connectivity index (χ1) is 9.15. The van der Waals surface area contributed by atoms with Crippen LogP contribution in [0.25, 0.3) is 0 Å². The van der Waals surface area contributed by atoms with Gasteiger partial charge >= 0.3 is 0 Å². The number of carbonyl (C=O) groups is 1. The molecule has 0 aliphatic rings. The van der Waals surface area contributed by atoms with Crippen LogP contribution in [-0.2, 0) is 4.79 Å². The molecule has 0 saturated carbocycles. The number of benzene rings is 1. The molecule has 2 aromatic rings. The Hall–Kier alpha value is -2.07. The van der Waals surface area contributed by atoms with E-state index in [0.717, 1.165) is 5.56 Å². The Labute approximate surface area is 116 Å². The Balaban J connectivity index is 1.89. The molecular weight excluding hydrogens is 264 g/mol. The van der Waals surface area contributed by atoms with Gasteiger partial charge in [0, 0.05) is 16.9 Å². The summed E-state index contributed by atoms with van der Waals surface area (Å²) in [4.78, 5) is 15.6. The molecule has 0 aliphatic carbocycles. The highest BCUT2D eigenvalue weighted by atomic mass is 35.5. The number of hydrogen-bond acceptors (Lipinski definition) is 3. The van der Waals surface area contributed by atoms with Crippen LogP contribution in [0.4, 0.5) is 5.69 Å². The number of anilines is 1. The largest absolute Gasteiger partial charge is 0.482 e. The highest BCUT2D eigenvalue weighted by molar-refractivity contribution is 6.31. The number of hydrogen-bond donors (Lipinski definition) is 1. The summed E-state index contributed by atoms with van der Waals surface area (Å²) in [6.45, 7) is 1.83. The topological polar surface area (TPSA) is 51.2 Å². The number of nitrogens with zero attached hydrogens (tertiary/aromatic N) is 1. The third-order valence-corrected chi connectivity index (χ3v) is 2.87. The van der Waals surface area contributed by atoms with Gasteiger partial charge in [0.2, 0.25) is 0 Å². The predicted octanol–water partition coefficient (Wildman–Crippen LogP) is 3.06. The maximum atomic E-state index is 11.7. The van der Waals surface area contributed by atoms with Crippen LogP contribution in [0.15, 0.2) is 42.7 Å². The molecule has 1 amide bonds. The Morgan fingerprint density at radius 2 is 2.26 bits per heavy atom. The number of aryl methyl sites for hydroxylation is 1. The number of rotatable bonds is 4. The third-order valence-electron chi connectivity index (χ3n) is 2.46. The highest BCUT2D eigenvalue weighted by Gasteiger charge is 2.05. The van der Waals surface area contributed by atoms with E-state index in [1.807, 2.05) is 13.0 Å². The average Bonchev–Trinajstić information content (AvgIpc) is 2.42. The van der Waals surface area contributed by atoms with Gasteiger partial charge in [-0.2, -0.15) is 0 Å². The predicted molar refractivity (Wildman–Crippen MR) is 74.6 cm³/mol. The molecule has 0 unspecified atom stereocenters. The lowest BCUT2D eigenvalue weighted by Gasteiger charge is -2.08. The molecule has 4 nitrogen and oxygen atoms in total. The third kappa shape index (κ3) is 3.96. The molecule has 2 rings (SSSR count). The molecule has 1 heterocycles. The summed E-state index contributed by atoms with van der Waals surface area (Å²) in [6, 6.07) is 8.83. The van der Waals surface area contributed by atoms with Crippen molar-refractivity contribution in [3.63, 3.8) is 0 Å². The van der Waals surface area contributed by atoms with Crippen LogP contribution in [0.1, 0.15) is 5.56 Å². The second-order valence-electron chi connectivity index (χ2n) is 3.99. The van der Waals surface area contributed by atoms with Crippen LogP contribution in [0.2, 0.25) is 5.02 Å². The van der Waals surface area contributed by atoms with Crippen molar-refractivity contribution in [2.45, 2.75) is 6.92 Å². The normalized spacial score (nSPS) is 10.0. The second kappa shape index (κ2) is 6.20. The van der Waals surface area contributed by atoms with Crippen LogP contribution in [0.3, 0.4) is 0 Å². The Kier molecular flexibility index (Phi) is 4.36. The molecule has 0 radical (unpaired) electrons. The summed E-state index contributed by atoms with van der Waals surface area (Å²) in [7, 11) is 0. The van der Waals surface area contributed by atoms with E-state index in [2.05, 4.69) is 10.3 Å². The Morgan fingerprint density at radius 3 is 2.95 bits per heavy atom. The minimum Gasteiger partial charge on any atom is -0.482 e. The molecule has 0 bridgehead atoms. The summed E-state index contributed by atoms with van der Waals surface area (Å²) >= 11 is 5.98. The monoisotopic (exact) mass is 276 g/mol. The van der Waals surface area contributed by atoms with E-state index in [0.29, 0.717) is 16.5 Å². The summed E-state index contributed by atoms with van der Waals surface area (Å²) in [5, 5.41) is 3.33. The van der Waals surface area contributed by atoms with Crippen LogP contribution < -0.4 is 10.1 Å². The van der Waals surface area contributed by atoms with Gasteiger partial charge in [-0.25, -0.2) is 0 Å². The molecule has 19 heavy (non-hydrogen) atoms. The van der Waals surface area contributed by atoms with E-state index >= 15 is 0 Å². The number of pyridine rings is 1. The number of ether oxygens (including phenoxy) is 1. The standard InChI is InChI=1S/C14H13ClN2O2/c1-10-4-5-11(7-13(10)15)17-14(18)9-19-12-3-2-6-16-8-12/h2-8H,9H2,1H3,(H,17,18). The summed E-state index contributed by atoms with van der Waals surface area (Å²) in [5.41, 5.74) is 1.61. The lowest BCUT2D eigenvalue weighted by atomic mass is 10.2. The lowest BCUT2D eigenvalue weighted by Crippen LogP contribution is -2.20. The average molecular weight is 277 g/mol. The SMILES string of the molecule is Cc1ccc(NC(=O)COc2cccnc2)cc1Cl. The van der Waals surface area contributed by atoms with Gasteiger partial charge in [0.15, 0.2) is 6.61 Å². The molecule has 5 heteroatoms. The van der Waals surface area contributed by atoms with Crippen molar-refractivity contribution in [3.05, 3.63) is 53.3 Å². The van der Waals surface area contributed by atoms with E-state index in [-0.39, 0.29) is 12.5 Å². The van der Waals surface area contributed by atoms with Gasteiger partial charge in [-0.05, 0) is 36.8 Å². The number of amides is 1. The minimum atomic E-state index is -0.247. The molecule has 0 fully saturated rings. The Bertz CT molecular complexity index is 573. The molecule has 0 spiro atoms. The van der Waals surface area contributed by atoms with Gasteiger partial charge in [0.25, 0.3) is 5.91 Å². The van der Waals surface area contributed by atoms with E-state index in [1.54, 1.807) is 36.7 Å². The van der Waals surface area contributed by atoms with E-state index in [9.17, 15) is 4.79 Å². The molecule has 0 saturated heterocycles. The number of carbonyl (C=O) groups excluding carboxylic acids is 1. The second-order valence-corrected chi connectivity index (χ2v) is 4.40. The van der Waals surface area contributed by atoms with Crippen LogP contribution in [0.5, 0.6) is 5.75 Å². The summed E-state index contributed by atoms with van der Waals surface area (Å²) < 4.78 is 5.29. The fraction of sp³-hybridized carbons (Fsp3) is 0.143. The molecule has 98 valence electrons. The molecule has 0 aliphatic heterocycles. The maximum Gasteiger partial charge on any atom is 0.262 e. The van der Waals surface area contributed by atoms with Crippen molar-refractivity contribution < 1.29 is 9.53 Å². The van der Waals surface area contributed by atoms with Crippen molar-refractivity contribution in [2.24, 2.45) is 0 Å². The van der Waals surface area contributed by atoms with Crippen LogP contribution in [0, 0.1) is 6.92 Å². The van der Waals surface area contributed by atoms with Gasteiger partial charge < -0.3 is 10.1 Å². The van der Waals surface area contributed by atoms with Crippen LogP contribution >= 0.6 is 11.6 Å². The van der Waals surface area contributed by atoms with E-state index in [4.69, 9.17) is 16.3 Å². The summed E-state index contributed by atoms with van der Waals surface area (Å²) in [6.07, 6.45) is 3.19. The first kappa shape index (κ1) is 13.4. The molecule has 1 aromatic carbocycles. The van der Waals surface area contributed by atoms with Gasteiger partial charge in [-0.3, -0.25) is 9.78 Å². The highest BCUT2D eigenvalue weighted by Crippen LogP contribution is 2.19. The van der Waals surface area contributed by atoms with E-state index < -0.39 is 0 Å². The summed E-state index contributed by atoms with van der Waals surface area (Å²) in [5.74, 6) is 0.309. The molecular formula is C14H13ClN2O2. The zero-order chi connectivity index (χ0) is 13.7. The van der Waals surface area contributed by atoms with Gasteiger partial charge in [0.1, 0.15) is 5.75 Å². The fourth-order valence-electron chi connectivity index (χ4n) is 1.45. The first-order valence-electron chi connectivity index (χ1n) is 5.74.